The van der Waals surface area contributed by atoms with E-state index in [1.165, 1.54) is 0 Å². The average molecular weight is 389 g/mol. The predicted molar refractivity (Wildman–Crippen MR) is 104 cm³/mol. The minimum absolute atomic E-state index is 0.0424. The summed E-state index contributed by atoms with van der Waals surface area (Å²) in [6.45, 7) is 3.73. The summed E-state index contributed by atoms with van der Waals surface area (Å²) >= 11 is 6.27. The molecule has 1 fully saturated rings. The molecule has 0 unspecified atom stereocenters. The van der Waals surface area contributed by atoms with Crippen molar-refractivity contribution < 1.29 is 19.0 Å². The quantitative estimate of drug-likeness (QED) is 0.808. The van der Waals surface area contributed by atoms with Gasteiger partial charge in [-0.05, 0) is 24.3 Å². The van der Waals surface area contributed by atoms with Gasteiger partial charge in [0.1, 0.15) is 19.0 Å². The van der Waals surface area contributed by atoms with Crippen LogP contribution in [0.15, 0.2) is 36.4 Å². The molecular weight excluding hydrogens is 368 g/mol. The van der Waals surface area contributed by atoms with Crippen molar-refractivity contribution >= 4 is 23.2 Å². The zero-order valence-corrected chi connectivity index (χ0v) is 15.9. The molecule has 0 radical (unpaired) electrons. The normalized spacial score (nSPS) is 16.2. The zero-order chi connectivity index (χ0) is 18.8. The molecule has 2 aromatic carbocycles. The molecule has 1 saturated heterocycles. The van der Waals surface area contributed by atoms with Gasteiger partial charge in [0, 0.05) is 43.5 Å². The molecule has 0 spiro atoms. The summed E-state index contributed by atoms with van der Waals surface area (Å²) in [5.74, 6) is 1.84. The van der Waals surface area contributed by atoms with Crippen molar-refractivity contribution in [2.45, 2.75) is 0 Å². The van der Waals surface area contributed by atoms with E-state index in [-0.39, 0.29) is 5.91 Å². The summed E-state index contributed by atoms with van der Waals surface area (Å²) in [4.78, 5) is 17.0. The lowest BCUT2D eigenvalue weighted by Gasteiger charge is -2.36. The Kier molecular flexibility index (Phi) is 4.99. The fourth-order valence-electron chi connectivity index (χ4n) is 3.39. The molecule has 0 bridgehead atoms. The summed E-state index contributed by atoms with van der Waals surface area (Å²) in [6, 6.07) is 11.3. The number of rotatable bonds is 3. The molecule has 27 heavy (non-hydrogen) atoms. The van der Waals surface area contributed by atoms with Crippen LogP contribution in [0.2, 0.25) is 5.02 Å². The van der Waals surface area contributed by atoms with E-state index < -0.39 is 0 Å². The van der Waals surface area contributed by atoms with Crippen molar-refractivity contribution in [1.82, 2.24) is 4.90 Å². The smallest absolute Gasteiger partial charge is 0.254 e. The number of benzene rings is 2. The number of piperazine rings is 1. The maximum Gasteiger partial charge on any atom is 0.254 e. The largest absolute Gasteiger partial charge is 0.497 e. The maximum absolute atomic E-state index is 12.9. The third-order valence-electron chi connectivity index (χ3n) is 4.83. The number of methoxy groups -OCH3 is 1. The molecule has 1 amide bonds. The number of nitrogens with zero attached hydrogens (tertiary/aromatic N) is 2. The van der Waals surface area contributed by atoms with Crippen LogP contribution >= 0.6 is 11.6 Å². The van der Waals surface area contributed by atoms with E-state index in [0.717, 1.165) is 24.5 Å². The summed E-state index contributed by atoms with van der Waals surface area (Å²) < 4.78 is 16.4. The number of anilines is 1. The number of carbonyl (C=O) groups is 1. The first-order valence-corrected chi connectivity index (χ1v) is 9.31. The average Bonchev–Trinajstić information content (AvgIpc) is 2.73. The van der Waals surface area contributed by atoms with Crippen molar-refractivity contribution in [3.05, 3.63) is 47.0 Å². The number of fused-ring (bicyclic) bond motifs is 1. The van der Waals surface area contributed by atoms with Crippen LogP contribution in [0, 0.1) is 0 Å². The number of halogens is 1. The lowest BCUT2D eigenvalue weighted by Crippen LogP contribution is -2.48. The van der Waals surface area contributed by atoms with Crippen LogP contribution in [-0.2, 0) is 0 Å². The summed E-state index contributed by atoms with van der Waals surface area (Å²) in [7, 11) is 1.66. The van der Waals surface area contributed by atoms with Gasteiger partial charge < -0.3 is 24.0 Å². The van der Waals surface area contributed by atoms with Gasteiger partial charge in [-0.3, -0.25) is 4.79 Å². The van der Waals surface area contributed by atoms with Gasteiger partial charge in [-0.15, -0.1) is 0 Å². The Morgan fingerprint density at radius 2 is 1.85 bits per heavy atom. The van der Waals surface area contributed by atoms with Gasteiger partial charge in [-0.2, -0.15) is 0 Å². The van der Waals surface area contributed by atoms with E-state index >= 15 is 0 Å². The number of carbonyl (C=O) groups excluding carboxylic acids is 1. The summed E-state index contributed by atoms with van der Waals surface area (Å²) in [5.41, 5.74) is 1.63. The molecule has 2 aromatic rings. The molecule has 0 N–H and O–H groups in total. The Labute approximate surface area is 163 Å². The first kappa shape index (κ1) is 17.8. The summed E-state index contributed by atoms with van der Waals surface area (Å²) in [5, 5.41) is 0.408. The Bertz CT molecular complexity index is 850. The first-order valence-electron chi connectivity index (χ1n) is 8.93. The highest BCUT2D eigenvalue weighted by Gasteiger charge is 2.25. The van der Waals surface area contributed by atoms with E-state index in [1.54, 1.807) is 19.2 Å². The fraction of sp³-hybridized carbons (Fsp3) is 0.350. The van der Waals surface area contributed by atoms with E-state index in [4.69, 9.17) is 25.8 Å². The second-order valence-electron chi connectivity index (χ2n) is 6.46. The minimum Gasteiger partial charge on any atom is -0.497 e. The second kappa shape index (κ2) is 7.56. The third kappa shape index (κ3) is 3.62. The number of ether oxygens (including phenoxy) is 3. The van der Waals surface area contributed by atoms with Crippen LogP contribution in [0.4, 0.5) is 5.69 Å². The lowest BCUT2D eigenvalue weighted by molar-refractivity contribution is 0.0745. The summed E-state index contributed by atoms with van der Waals surface area (Å²) in [6.07, 6.45) is 0. The van der Waals surface area contributed by atoms with Crippen LogP contribution in [-0.4, -0.2) is 57.3 Å². The highest BCUT2D eigenvalue weighted by molar-refractivity contribution is 6.32. The van der Waals surface area contributed by atoms with Crippen molar-refractivity contribution in [2.75, 3.05) is 51.4 Å². The molecule has 4 rings (SSSR count). The monoisotopic (exact) mass is 388 g/mol. The van der Waals surface area contributed by atoms with Gasteiger partial charge >= 0.3 is 0 Å². The molecule has 0 aliphatic carbocycles. The standard InChI is InChI=1S/C20H21ClN2O4/c1-25-16-4-2-3-15(13-16)22-5-7-23(8-6-22)20(24)14-11-17(21)19-18(12-14)26-9-10-27-19/h2-4,11-13H,5-10H2,1H3. The van der Waals surface area contributed by atoms with Crippen LogP contribution in [0.3, 0.4) is 0 Å². The van der Waals surface area contributed by atoms with Crippen molar-refractivity contribution in [3.8, 4) is 17.2 Å². The minimum atomic E-state index is -0.0424. The van der Waals surface area contributed by atoms with Gasteiger partial charge in [0.2, 0.25) is 0 Å². The molecule has 2 heterocycles. The van der Waals surface area contributed by atoms with Crippen molar-refractivity contribution in [3.63, 3.8) is 0 Å². The number of hydrogen-bond acceptors (Lipinski definition) is 5. The van der Waals surface area contributed by atoms with Gasteiger partial charge in [-0.25, -0.2) is 0 Å². The zero-order valence-electron chi connectivity index (χ0n) is 15.1. The van der Waals surface area contributed by atoms with E-state index in [1.807, 2.05) is 23.1 Å². The molecule has 2 aliphatic rings. The van der Waals surface area contributed by atoms with Gasteiger partial charge in [0.25, 0.3) is 5.91 Å². The van der Waals surface area contributed by atoms with Gasteiger partial charge in [0.15, 0.2) is 11.5 Å². The number of hydrogen-bond donors (Lipinski definition) is 0. The SMILES string of the molecule is COc1cccc(N2CCN(C(=O)c3cc(Cl)c4c(c3)OCCO4)CC2)c1. The van der Waals surface area contributed by atoms with Gasteiger partial charge in [0.05, 0.1) is 12.1 Å². The molecular formula is C20H21ClN2O4. The fourth-order valence-corrected chi connectivity index (χ4v) is 3.66. The molecule has 0 aromatic heterocycles. The van der Waals surface area contributed by atoms with E-state index in [0.29, 0.717) is 48.4 Å². The van der Waals surface area contributed by atoms with Crippen LogP contribution in [0.5, 0.6) is 17.2 Å². The maximum atomic E-state index is 12.9. The number of amides is 1. The van der Waals surface area contributed by atoms with Crippen molar-refractivity contribution in [2.24, 2.45) is 0 Å². The first-order chi connectivity index (χ1) is 13.2. The predicted octanol–water partition coefficient (Wildman–Crippen LogP) is 3.08. The van der Waals surface area contributed by atoms with Crippen LogP contribution in [0.1, 0.15) is 10.4 Å². The highest BCUT2D eigenvalue weighted by atomic mass is 35.5. The topological polar surface area (TPSA) is 51.2 Å². The molecule has 0 atom stereocenters. The third-order valence-corrected chi connectivity index (χ3v) is 5.11. The van der Waals surface area contributed by atoms with Crippen molar-refractivity contribution in [1.29, 1.82) is 0 Å². The molecule has 7 heteroatoms. The highest BCUT2D eigenvalue weighted by Crippen LogP contribution is 2.38. The Morgan fingerprint density at radius 3 is 2.63 bits per heavy atom. The molecule has 142 valence electrons. The molecule has 6 nitrogen and oxygen atoms in total. The molecule has 0 saturated carbocycles. The lowest BCUT2D eigenvalue weighted by atomic mass is 10.1. The van der Waals surface area contributed by atoms with E-state index in [2.05, 4.69) is 11.0 Å². The van der Waals surface area contributed by atoms with Crippen LogP contribution < -0.4 is 19.1 Å². The Balaban J connectivity index is 1.45. The van der Waals surface area contributed by atoms with Crippen LogP contribution in [0.25, 0.3) is 0 Å². The second-order valence-corrected chi connectivity index (χ2v) is 6.87. The Hall–Kier alpha value is -2.60. The van der Waals surface area contributed by atoms with E-state index in [9.17, 15) is 4.79 Å². The molecule has 2 aliphatic heterocycles. The Morgan fingerprint density at radius 1 is 1.07 bits per heavy atom. The van der Waals surface area contributed by atoms with Gasteiger partial charge in [-0.1, -0.05) is 17.7 Å².